The van der Waals surface area contributed by atoms with Gasteiger partial charge in [0.05, 0.1) is 17.8 Å². The average molecular weight is 274 g/mol. The first-order valence-electron chi connectivity index (χ1n) is 7.79. The Balaban J connectivity index is 1.97. The molecule has 3 rings (SSSR count). The number of hydrogen-bond acceptors (Lipinski definition) is 3. The molecule has 1 fully saturated rings. The third-order valence-electron chi connectivity index (χ3n) is 4.65. The van der Waals surface area contributed by atoms with Crippen LogP contribution in [0.2, 0.25) is 0 Å². The van der Waals surface area contributed by atoms with Gasteiger partial charge in [-0.25, -0.2) is 0 Å². The van der Waals surface area contributed by atoms with Crippen molar-refractivity contribution in [1.82, 2.24) is 0 Å². The Kier molecular flexibility index (Phi) is 3.31. The highest BCUT2D eigenvalue weighted by atomic mass is 16.5. The Hall–Kier alpha value is -1.38. The van der Waals surface area contributed by atoms with Crippen molar-refractivity contribution in [2.24, 2.45) is 5.41 Å². The lowest BCUT2D eigenvalue weighted by Crippen LogP contribution is -2.55. The largest absolute Gasteiger partial charge is 0.489 e. The molecule has 1 unspecified atom stereocenters. The Labute approximate surface area is 122 Å². The van der Waals surface area contributed by atoms with Crippen LogP contribution in [0.1, 0.15) is 40.5 Å². The van der Waals surface area contributed by atoms with Crippen molar-refractivity contribution in [2.45, 2.75) is 52.7 Å². The predicted molar refractivity (Wildman–Crippen MR) is 84.8 cm³/mol. The van der Waals surface area contributed by atoms with Crippen molar-refractivity contribution in [3.8, 4) is 5.75 Å². The topological polar surface area (TPSA) is 24.5 Å². The third kappa shape index (κ3) is 2.23. The molecular formula is C17H26N2O. The summed E-state index contributed by atoms with van der Waals surface area (Å²) in [5.74, 6) is 0.985. The van der Waals surface area contributed by atoms with Crippen LogP contribution in [0, 0.1) is 5.41 Å². The number of piperidine rings is 1. The lowest BCUT2D eigenvalue weighted by atomic mass is 9.75. The minimum atomic E-state index is 0.207. The van der Waals surface area contributed by atoms with Crippen LogP contribution in [0.3, 0.4) is 0 Å². The summed E-state index contributed by atoms with van der Waals surface area (Å²) in [6, 6.07) is 6.99. The predicted octanol–water partition coefficient (Wildman–Crippen LogP) is 3.89. The van der Waals surface area contributed by atoms with Gasteiger partial charge in [0.15, 0.2) is 0 Å². The van der Waals surface area contributed by atoms with Crippen LogP contribution in [-0.2, 0) is 0 Å². The zero-order valence-corrected chi connectivity index (χ0v) is 13.1. The molecule has 1 N–H and O–H groups in total. The maximum absolute atomic E-state index is 5.96. The van der Waals surface area contributed by atoms with E-state index in [-0.39, 0.29) is 6.10 Å². The number of nitrogens with one attached hydrogen (secondary N) is 1. The van der Waals surface area contributed by atoms with E-state index in [2.05, 4.69) is 56.1 Å². The highest BCUT2D eigenvalue weighted by molar-refractivity contribution is 5.79. The number of benzene rings is 1. The molecule has 2 heterocycles. The molecule has 1 atom stereocenters. The smallest absolute Gasteiger partial charge is 0.144 e. The summed E-state index contributed by atoms with van der Waals surface area (Å²) in [6.07, 6.45) is 2.80. The van der Waals surface area contributed by atoms with Crippen LogP contribution in [0.4, 0.5) is 11.4 Å². The fourth-order valence-electron chi connectivity index (χ4n) is 3.61. The van der Waals surface area contributed by atoms with E-state index in [1.807, 2.05) is 0 Å². The molecule has 3 heteroatoms. The minimum absolute atomic E-state index is 0.207. The monoisotopic (exact) mass is 274 g/mol. The van der Waals surface area contributed by atoms with Crippen LogP contribution in [0.25, 0.3) is 0 Å². The van der Waals surface area contributed by atoms with Crippen molar-refractivity contribution >= 4 is 11.4 Å². The van der Waals surface area contributed by atoms with E-state index in [0.717, 1.165) is 18.8 Å². The molecule has 0 amide bonds. The van der Waals surface area contributed by atoms with Gasteiger partial charge in [0, 0.05) is 13.1 Å². The second-order valence-electron chi connectivity index (χ2n) is 7.00. The summed E-state index contributed by atoms with van der Waals surface area (Å²) >= 11 is 0. The van der Waals surface area contributed by atoms with E-state index in [1.165, 1.54) is 24.2 Å². The SMILES string of the molecule is CC(C)Oc1cccc2c1NCC1N2CCCC1(C)C. The van der Waals surface area contributed by atoms with Gasteiger partial charge in [-0.05, 0) is 44.2 Å². The first-order valence-corrected chi connectivity index (χ1v) is 7.79. The number of nitrogens with zero attached hydrogens (tertiary/aromatic N) is 1. The summed E-state index contributed by atoms with van der Waals surface area (Å²) in [4.78, 5) is 2.59. The normalized spacial score (nSPS) is 23.9. The van der Waals surface area contributed by atoms with Crippen LogP contribution in [0.5, 0.6) is 5.75 Å². The molecular weight excluding hydrogens is 248 g/mol. The standard InChI is InChI=1S/C17H26N2O/c1-12(2)20-14-8-5-7-13-16(14)18-11-15-17(3,4)9-6-10-19(13)15/h5,7-8,12,15,18H,6,9-11H2,1-4H3. The highest BCUT2D eigenvalue weighted by Crippen LogP contribution is 2.46. The van der Waals surface area contributed by atoms with Gasteiger partial charge in [-0.3, -0.25) is 0 Å². The molecule has 0 aromatic heterocycles. The molecule has 3 nitrogen and oxygen atoms in total. The number of anilines is 2. The zero-order chi connectivity index (χ0) is 14.3. The van der Waals surface area contributed by atoms with Crippen molar-refractivity contribution in [1.29, 1.82) is 0 Å². The van der Waals surface area contributed by atoms with Crippen molar-refractivity contribution in [3.63, 3.8) is 0 Å². The van der Waals surface area contributed by atoms with Crippen LogP contribution >= 0.6 is 0 Å². The highest BCUT2D eigenvalue weighted by Gasteiger charge is 2.40. The lowest BCUT2D eigenvalue weighted by molar-refractivity contribution is 0.214. The quantitative estimate of drug-likeness (QED) is 0.885. The molecule has 0 aliphatic carbocycles. The van der Waals surface area contributed by atoms with Gasteiger partial charge in [-0.1, -0.05) is 19.9 Å². The third-order valence-corrected chi connectivity index (χ3v) is 4.65. The molecule has 20 heavy (non-hydrogen) atoms. The Morgan fingerprint density at radius 1 is 1.35 bits per heavy atom. The van der Waals surface area contributed by atoms with E-state index in [1.54, 1.807) is 0 Å². The van der Waals surface area contributed by atoms with Gasteiger partial charge in [-0.2, -0.15) is 0 Å². The Bertz CT molecular complexity index is 496. The van der Waals surface area contributed by atoms with E-state index < -0.39 is 0 Å². The van der Waals surface area contributed by atoms with Gasteiger partial charge >= 0.3 is 0 Å². The Morgan fingerprint density at radius 3 is 2.90 bits per heavy atom. The van der Waals surface area contributed by atoms with E-state index in [0.29, 0.717) is 11.5 Å². The van der Waals surface area contributed by atoms with Crippen LogP contribution in [0.15, 0.2) is 18.2 Å². The second kappa shape index (κ2) is 4.87. The van der Waals surface area contributed by atoms with Crippen LogP contribution in [-0.4, -0.2) is 25.2 Å². The number of rotatable bonds is 2. The first-order chi connectivity index (χ1) is 9.49. The van der Waals surface area contributed by atoms with Crippen molar-refractivity contribution in [3.05, 3.63) is 18.2 Å². The molecule has 1 saturated heterocycles. The molecule has 0 spiro atoms. The fraction of sp³-hybridized carbons (Fsp3) is 0.647. The fourth-order valence-corrected chi connectivity index (χ4v) is 3.61. The summed E-state index contributed by atoms with van der Waals surface area (Å²) < 4.78 is 5.96. The number of para-hydroxylation sites is 1. The molecule has 110 valence electrons. The van der Waals surface area contributed by atoms with E-state index in [9.17, 15) is 0 Å². The van der Waals surface area contributed by atoms with Crippen molar-refractivity contribution in [2.75, 3.05) is 23.3 Å². The molecule has 0 saturated carbocycles. The summed E-state index contributed by atoms with van der Waals surface area (Å²) in [5.41, 5.74) is 2.86. The number of fused-ring (bicyclic) bond motifs is 3. The zero-order valence-electron chi connectivity index (χ0n) is 13.1. The minimum Gasteiger partial charge on any atom is -0.489 e. The average Bonchev–Trinajstić information content (AvgIpc) is 2.38. The van der Waals surface area contributed by atoms with Gasteiger partial charge in [0.2, 0.25) is 0 Å². The molecule has 1 aromatic rings. The molecule has 2 aliphatic rings. The molecule has 0 bridgehead atoms. The summed E-state index contributed by atoms with van der Waals surface area (Å²) in [5, 5.41) is 3.62. The number of ether oxygens (including phenoxy) is 1. The Morgan fingerprint density at radius 2 is 2.15 bits per heavy atom. The molecule has 1 aromatic carbocycles. The van der Waals surface area contributed by atoms with Gasteiger partial charge in [0.1, 0.15) is 11.4 Å². The van der Waals surface area contributed by atoms with Gasteiger partial charge in [0.25, 0.3) is 0 Å². The molecule has 0 radical (unpaired) electrons. The second-order valence-corrected chi connectivity index (χ2v) is 7.00. The van der Waals surface area contributed by atoms with Crippen LogP contribution < -0.4 is 15.0 Å². The van der Waals surface area contributed by atoms with E-state index in [4.69, 9.17) is 4.74 Å². The summed E-state index contributed by atoms with van der Waals surface area (Å²) in [7, 11) is 0. The van der Waals surface area contributed by atoms with Gasteiger partial charge in [-0.15, -0.1) is 0 Å². The van der Waals surface area contributed by atoms with Gasteiger partial charge < -0.3 is 15.0 Å². The van der Waals surface area contributed by atoms with E-state index >= 15 is 0 Å². The molecule has 2 aliphatic heterocycles. The maximum atomic E-state index is 5.96. The maximum Gasteiger partial charge on any atom is 0.144 e. The summed E-state index contributed by atoms with van der Waals surface area (Å²) in [6.45, 7) is 11.1. The number of hydrogen-bond donors (Lipinski definition) is 1. The van der Waals surface area contributed by atoms with Crippen molar-refractivity contribution < 1.29 is 4.74 Å². The first kappa shape index (κ1) is 13.6. The lowest BCUT2D eigenvalue weighted by Gasteiger charge is -2.51.